The fraction of sp³-hybridized carbons (Fsp3) is 0.294. The molecular weight excluding hydrogens is 427 g/mol. The highest BCUT2D eigenvalue weighted by atomic mass is 35.5. The average molecular weight is 443 g/mol. The first-order valence-corrected chi connectivity index (χ1v) is 11.5. The lowest BCUT2D eigenvalue weighted by molar-refractivity contribution is 0.443. The van der Waals surface area contributed by atoms with Crippen molar-refractivity contribution in [2.24, 2.45) is 0 Å². The molecular formula is C17H16ClFN4O3S2. The number of hydrogen-bond acceptors (Lipinski definition) is 5. The summed E-state index contributed by atoms with van der Waals surface area (Å²) in [5.74, 6) is 0.939. The summed E-state index contributed by atoms with van der Waals surface area (Å²) in [7, 11) is -3.69. The Morgan fingerprint density at radius 1 is 1.18 bits per heavy atom. The third kappa shape index (κ3) is 3.45. The minimum Gasteiger partial charge on any atom is -0.249 e. The molecule has 0 spiro atoms. The second-order valence-corrected chi connectivity index (χ2v) is 9.82. The number of sulfonamides is 1. The number of halogens is 2. The molecule has 0 unspecified atom stereocenters. The summed E-state index contributed by atoms with van der Waals surface area (Å²) in [5.41, 5.74) is -0.153. The third-order valence-electron chi connectivity index (χ3n) is 4.53. The summed E-state index contributed by atoms with van der Waals surface area (Å²) in [6, 6.07) is 7.15. The highest BCUT2D eigenvalue weighted by molar-refractivity contribution is 7.99. The van der Waals surface area contributed by atoms with Gasteiger partial charge in [0.2, 0.25) is 10.0 Å². The van der Waals surface area contributed by atoms with Crippen LogP contribution in [0.15, 0.2) is 46.2 Å². The maximum Gasteiger partial charge on any atom is 0.350 e. The molecule has 2 aromatic heterocycles. The van der Waals surface area contributed by atoms with Crippen LogP contribution in [0.1, 0.15) is 5.56 Å². The monoisotopic (exact) mass is 442 g/mol. The van der Waals surface area contributed by atoms with Gasteiger partial charge in [-0.2, -0.15) is 16.1 Å². The van der Waals surface area contributed by atoms with Crippen LogP contribution in [0, 0.1) is 5.82 Å². The van der Waals surface area contributed by atoms with Crippen molar-refractivity contribution in [1.29, 1.82) is 0 Å². The molecule has 1 aromatic carbocycles. The molecule has 1 aliphatic heterocycles. The first-order chi connectivity index (χ1) is 13.4. The Labute approximate surface area is 169 Å². The number of hydrogen-bond donors (Lipinski definition) is 0. The molecule has 11 heteroatoms. The Hall–Kier alpha value is -1.88. The van der Waals surface area contributed by atoms with Crippen LogP contribution in [0.2, 0.25) is 5.02 Å². The molecule has 4 rings (SSSR count). The van der Waals surface area contributed by atoms with Gasteiger partial charge in [-0.05, 0) is 24.3 Å². The minimum atomic E-state index is -3.69. The van der Waals surface area contributed by atoms with Crippen molar-refractivity contribution >= 4 is 39.0 Å². The van der Waals surface area contributed by atoms with E-state index in [1.54, 1.807) is 11.8 Å². The summed E-state index contributed by atoms with van der Waals surface area (Å²) < 4.78 is 43.3. The van der Waals surface area contributed by atoms with Crippen molar-refractivity contribution in [1.82, 2.24) is 18.5 Å². The van der Waals surface area contributed by atoms with Crippen molar-refractivity contribution < 1.29 is 12.8 Å². The van der Waals surface area contributed by atoms with Gasteiger partial charge in [0.05, 0.1) is 11.4 Å². The quantitative estimate of drug-likeness (QED) is 0.618. The van der Waals surface area contributed by atoms with Gasteiger partial charge in [-0.15, -0.1) is 5.10 Å². The second-order valence-electron chi connectivity index (χ2n) is 6.25. The van der Waals surface area contributed by atoms with E-state index in [2.05, 4.69) is 5.10 Å². The highest BCUT2D eigenvalue weighted by Gasteiger charge is 2.27. The summed E-state index contributed by atoms with van der Waals surface area (Å²) in [6.07, 6.45) is 1.27. The molecule has 0 saturated carbocycles. The molecule has 1 saturated heterocycles. The standard InChI is InChI=1S/C17H16ClFN4O3S2/c18-14-2-1-3-15(19)13(14)11-23-17(24)22-10-12(4-5-16(22)20-23)28(25,26)21-6-8-27-9-7-21/h1-5,10H,6-9,11H2. The molecule has 1 aliphatic rings. The topological polar surface area (TPSA) is 76.7 Å². The second kappa shape index (κ2) is 7.51. The van der Waals surface area contributed by atoms with Crippen LogP contribution in [0.4, 0.5) is 4.39 Å². The molecule has 0 amide bonds. The minimum absolute atomic E-state index is 0.0254. The Balaban J connectivity index is 1.73. The van der Waals surface area contributed by atoms with Gasteiger partial charge >= 0.3 is 5.69 Å². The maximum absolute atomic E-state index is 14.0. The van der Waals surface area contributed by atoms with E-state index in [1.807, 2.05) is 0 Å². The summed E-state index contributed by atoms with van der Waals surface area (Å²) in [4.78, 5) is 12.7. The summed E-state index contributed by atoms with van der Waals surface area (Å²) in [5, 5.41) is 4.35. The van der Waals surface area contributed by atoms with Gasteiger partial charge in [-0.1, -0.05) is 17.7 Å². The lowest BCUT2D eigenvalue weighted by Crippen LogP contribution is -2.38. The number of nitrogens with zero attached hydrogens (tertiary/aromatic N) is 4. The smallest absolute Gasteiger partial charge is 0.249 e. The van der Waals surface area contributed by atoms with Gasteiger partial charge in [0.15, 0.2) is 5.65 Å². The third-order valence-corrected chi connectivity index (χ3v) is 7.71. The lowest BCUT2D eigenvalue weighted by atomic mass is 10.2. The predicted octanol–water partition coefficient (Wildman–Crippen LogP) is 2.07. The fourth-order valence-electron chi connectivity index (χ4n) is 3.02. The van der Waals surface area contributed by atoms with Crippen LogP contribution in [-0.4, -0.2) is 51.5 Å². The van der Waals surface area contributed by atoms with Crippen molar-refractivity contribution in [3.05, 3.63) is 63.4 Å². The zero-order valence-corrected chi connectivity index (χ0v) is 17.0. The normalized spacial score (nSPS) is 15.9. The Bertz CT molecular complexity index is 1180. The van der Waals surface area contributed by atoms with E-state index in [9.17, 15) is 17.6 Å². The van der Waals surface area contributed by atoms with Crippen molar-refractivity contribution in [3.8, 4) is 0 Å². The van der Waals surface area contributed by atoms with E-state index in [4.69, 9.17) is 11.6 Å². The number of pyridine rings is 1. The summed E-state index contributed by atoms with van der Waals surface area (Å²) in [6.45, 7) is 0.716. The number of thioether (sulfide) groups is 1. The SMILES string of the molecule is O=c1n(Cc2c(F)cccc2Cl)nc2ccc(S(=O)(=O)N3CCSCC3)cn12. The van der Waals surface area contributed by atoms with E-state index in [0.717, 1.165) is 20.6 Å². The van der Waals surface area contributed by atoms with Gasteiger partial charge < -0.3 is 0 Å². The first kappa shape index (κ1) is 19.4. The molecule has 28 heavy (non-hydrogen) atoms. The van der Waals surface area contributed by atoms with E-state index >= 15 is 0 Å². The Morgan fingerprint density at radius 2 is 1.93 bits per heavy atom. The van der Waals surface area contributed by atoms with Gasteiger partial charge in [-0.3, -0.25) is 0 Å². The van der Waals surface area contributed by atoms with Gasteiger partial charge in [0.25, 0.3) is 0 Å². The zero-order chi connectivity index (χ0) is 19.9. The van der Waals surface area contributed by atoms with Crippen LogP contribution in [0.3, 0.4) is 0 Å². The highest BCUT2D eigenvalue weighted by Crippen LogP contribution is 2.21. The van der Waals surface area contributed by atoms with Crippen molar-refractivity contribution in [2.75, 3.05) is 24.6 Å². The number of fused-ring (bicyclic) bond motifs is 1. The lowest BCUT2D eigenvalue weighted by Gasteiger charge is -2.25. The van der Waals surface area contributed by atoms with Crippen molar-refractivity contribution in [3.63, 3.8) is 0 Å². The molecule has 0 bridgehead atoms. The van der Waals surface area contributed by atoms with Gasteiger partial charge in [-0.25, -0.2) is 26.7 Å². The largest absolute Gasteiger partial charge is 0.350 e. The maximum atomic E-state index is 14.0. The summed E-state index contributed by atoms with van der Waals surface area (Å²) >= 11 is 7.73. The first-order valence-electron chi connectivity index (χ1n) is 8.48. The molecule has 0 radical (unpaired) electrons. The van der Waals surface area contributed by atoms with E-state index < -0.39 is 21.5 Å². The Kier molecular flexibility index (Phi) is 5.21. The molecule has 7 nitrogen and oxygen atoms in total. The van der Waals surface area contributed by atoms with Crippen LogP contribution in [-0.2, 0) is 16.6 Å². The molecule has 0 N–H and O–H groups in total. The Morgan fingerprint density at radius 3 is 2.64 bits per heavy atom. The number of benzene rings is 1. The molecule has 3 aromatic rings. The fourth-order valence-corrected chi connectivity index (χ4v) is 5.82. The van der Waals surface area contributed by atoms with Gasteiger partial charge in [0, 0.05) is 41.4 Å². The predicted molar refractivity (Wildman–Crippen MR) is 106 cm³/mol. The van der Waals surface area contributed by atoms with Crippen LogP contribution in [0.5, 0.6) is 0 Å². The number of aromatic nitrogens is 3. The molecule has 148 valence electrons. The van der Waals surface area contributed by atoms with Crippen LogP contribution in [0.25, 0.3) is 5.65 Å². The average Bonchev–Trinajstić information content (AvgIpc) is 3.00. The van der Waals surface area contributed by atoms with Crippen LogP contribution >= 0.6 is 23.4 Å². The van der Waals surface area contributed by atoms with Crippen LogP contribution < -0.4 is 5.69 Å². The van der Waals surface area contributed by atoms with E-state index in [0.29, 0.717) is 13.1 Å². The van der Waals surface area contributed by atoms with E-state index in [1.165, 1.54) is 40.8 Å². The number of rotatable bonds is 4. The molecule has 0 atom stereocenters. The van der Waals surface area contributed by atoms with Gasteiger partial charge in [0.1, 0.15) is 5.82 Å². The zero-order valence-electron chi connectivity index (χ0n) is 14.6. The van der Waals surface area contributed by atoms with E-state index in [-0.39, 0.29) is 27.7 Å². The molecule has 3 heterocycles. The molecule has 0 aliphatic carbocycles. The molecule has 1 fully saturated rings. The van der Waals surface area contributed by atoms with Crippen molar-refractivity contribution in [2.45, 2.75) is 11.4 Å².